The van der Waals surface area contributed by atoms with Crippen molar-refractivity contribution in [2.24, 2.45) is 5.92 Å². The van der Waals surface area contributed by atoms with Crippen LogP contribution in [0, 0.1) is 11.7 Å². The molecule has 0 radical (unpaired) electrons. The number of furan rings is 1. The second kappa shape index (κ2) is 6.51. The van der Waals surface area contributed by atoms with Crippen LogP contribution in [0.5, 0.6) is 0 Å². The maximum atomic E-state index is 13.3. The Morgan fingerprint density at radius 3 is 3.04 bits per heavy atom. The van der Waals surface area contributed by atoms with Crippen LogP contribution in [-0.4, -0.2) is 10.9 Å². The third-order valence-electron chi connectivity index (χ3n) is 5.69. The zero-order valence-electron chi connectivity index (χ0n) is 15.5. The van der Waals surface area contributed by atoms with Crippen molar-refractivity contribution in [1.29, 1.82) is 0 Å². The molecule has 3 atom stereocenters. The van der Waals surface area contributed by atoms with E-state index in [1.807, 2.05) is 19.1 Å². The molecule has 0 unspecified atom stereocenters. The van der Waals surface area contributed by atoms with E-state index in [1.165, 1.54) is 23.1 Å². The van der Waals surface area contributed by atoms with Gasteiger partial charge in [0.1, 0.15) is 17.2 Å². The number of H-pyrrole nitrogens is 1. The maximum Gasteiger partial charge on any atom is 0.220 e. The van der Waals surface area contributed by atoms with E-state index in [9.17, 15) is 9.18 Å². The number of carbonyl (C=O) groups is 1. The first-order valence-electron chi connectivity index (χ1n) is 9.63. The zero-order valence-corrected chi connectivity index (χ0v) is 15.5. The highest BCUT2D eigenvalue weighted by molar-refractivity contribution is 5.84. The van der Waals surface area contributed by atoms with E-state index in [4.69, 9.17) is 4.42 Å². The van der Waals surface area contributed by atoms with Gasteiger partial charge in [0.05, 0.1) is 6.04 Å². The lowest BCUT2D eigenvalue weighted by atomic mass is 10.1. The number of para-hydroxylation sites is 1. The summed E-state index contributed by atoms with van der Waals surface area (Å²) >= 11 is 0. The van der Waals surface area contributed by atoms with Crippen molar-refractivity contribution in [3.05, 3.63) is 71.9 Å². The Morgan fingerprint density at radius 2 is 2.14 bits per heavy atom. The Labute approximate surface area is 161 Å². The summed E-state index contributed by atoms with van der Waals surface area (Å²) in [5.74, 6) is 1.17. The fourth-order valence-corrected chi connectivity index (χ4v) is 4.11. The van der Waals surface area contributed by atoms with E-state index in [0.717, 1.165) is 11.9 Å². The van der Waals surface area contributed by atoms with Crippen LogP contribution in [0.2, 0.25) is 0 Å². The van der Waals surface area contributed by atoms with Crippen LogP contribution in [0.4, 0.5) is 4.39 Å². The van der Waals surface area contributed by atoms with Gasteiger partial charge in [0.2, 0.25) is 5.91 Å². The van der Waals surface area contributed by atoms with Crippen LogP contribution in [0.1, 0.15) is 43.0 Å². The Hall–Kier alpha value is -3.08. The molecule has 5 rings (SSSR count). The number of benzene rings is 2. The van der Waals surface area contributed by atoms with Gasteiger partial charge in [-0.05, 0) is 61.1 Å². The second-order valence-electron chi connectivity index (χ2n) is 7.72. The van der Waals surface area contributed by atoms with E-state index >= 15 is 0 Å². The van der Waals surface area contributed by atoms with Crippen molar-refractivity contribution >= 4 is 27.8 Å². The summed E-state index contributed by atoms with van der Waals surface area (Å²) < 4.78 is 19.1. The van der Waals surface area contributed by atoms with E-state index in [0.29, 0.717) is 35.0 Å². The van der Waals surface area contributed by atoms with E-state index in [2.05, 4.69) is 28.6 Å². The predicted octanol–water partition coefficient (Wildman–Crippen LogP) is 5.42. The van der Waals surface area contributed by atoms with Gasteiger partial charge in [-0.2, -0.15) is 0 Å². The molecule has 1 saturated carbocycles. The number of aromatic nitrogens is 1. The standard InChI is InChI=1S/C23H21FN2O2/c1-13(22-10-15-8-16(24)6-7-21(15)28-22)26-23(27)11-14-9-18(14)19-12-25-20-5-3-2-4-17(19)20/h2-8,10,12-14,18,25H,9,11H2,1H3,(H,26,27)/t13-,14+,18-/m1/s1. The monoisotopic (exact) mass is 376 g/mol. The summed E-state index contributed by atoms with van der Waals surface area (Å²) in [6.07, 6.45) is 3.61. The van der Waals surface area contributed by atoms with E-state index < -0.39 is 0 Å². The number of hydrogen-bond acceptors (Lipinski definition) is 2. The second-order valence-corrected chi connectivity index (χ2v) is 7.72. The predicted molar refractivity (Wildman–Crippen MR) is 106 cm³/mol. The minimum atomic E-state index is -0.298. The van der Waals surface area contributed by atoms with Crippen LogP contribution >= 0.6 is 0 Å². The zero-order chi connectivity index (χ0) is 19.3. The molecule has 0 aliphatic heterocycles. The molecule has 2 heterocycles. The molecule has 28 heavy (non-hydrogen) atoms. The number of aromatic amines is 1. The van der Waals surface area contributed by atoms with Gasteiger partial charge in [0.15, 0.2) is 0 Å². The molecule has 5 heteroatoms. The first-order valence-corrected chi connectivity index (χ1v) is 9.63. The summed E-state index contributed by atoms with van der Waals surface area (Å²) in [6.45, 7) is 1.88. The minimum absolute atomic E-state index is 0.0199. The van der Waals surface area contributed by atoms with Crippen molar-refractivity contribution in [3.8, 4) is 0 Å². The number of halogens is 1. The fourth-order valence-electron chi connectivity index (χ4n) is 4.11. The summed E-state index contributed by atoms with van der Waals surface area (Å²) in [5, 5.41) is 4.97. The minimum Gasteiger partial charge on any atom is -0.459 e. The van der Waals surface area contributed by atoms with Crippen LogP contribution < -0.4 is 5.32 Å². The number of carbonyl (C=O) groups excluding carboxylic acids is 1. The van der Waals surface area contributed by atoms with Gasteiger partial charge in [0, 0.05) is 28.9 Å². The molecule has 2 aromatic heterocycles. The van der Waals surface area contributed by atoms with Crippen LogP contribution in [0.15, 0.2) is 59.1 Å². The van der Waals surface area contributed by atoms with Crippen molar-refractivity contribution in [2.45, 2.75) is 31.7 Å². The van der Waals surface area contributed by atoms with Crippen molar-refractivity contribution in [2.75, 3.05) is 0 Å². The molecule has 1 fully saturated rings. The average molecular weight is 376 g/mol. The third kappa shape index (κ3) is 3.07. The number of amides is 1. The smallest absolute Gasteiger partial charge is 0.220 e. The Kier molecular flexibility index (Phi) is 3.97. The third-order valence-corrected chi connectivity index (χ3v) is 5.69. The molecule has 0 spiro atoms. The van der Waals surface area contributed by atoms with Gasteiger partial charge in [0.25, 0.3) is 0 Å². The fraction of sp³-hybridized carbons (Fsp3) is 0.261. The van der Waals surface area contributed by atoms with Crippen molar-refractivity contribution in [3.63, 3.8) is 0 Å². The average Bonchev–Trinajstić information content (AvgIpc) is 3.12. The molecule has 142 valence electrons. The van der Waals surface area contributed by atoms with Gasteiger partial charge in [-0.1, -0.05) is 18.2 Å². The van der Waals surface area contributed by atoms with Gasteiger partial charge < -0.3 is 14.7 Å². The quantitative estimate of drug-likeness (QED) is 0.488. The number of nitrogens with one attached hydrogen (secondary N) is 2. The number of fused-ring (bicyclic) bond motifs is 2. The lowest BCUT2D eigenvalue weighted by Crippen LogP contribution is -2.26. The van der Waals surface area contributed by atoms with Crippen molar-refractivity contribution in [1.82, 2.24) is 10.3 Å². The topological polar surface area (TPSA) is 58.0 Å². The Bertz CT molecular complexity index is 1180. The lowest BCUT2D eigenvalue weighted by molar-refractivity contribution is -0.122. The lowest BCUT2D eigenvalue weighted by Gasteiger charge is -2.11. The normalized spacial score (nSPS) is 19.8. The van der Waals surface area contributed by atoms with Gasteiger partial charge in [-0.25, -0.2) is 4.39 Å². The first kappa shape index (κ1) is 17.0. The summed E-state index contributed by atoms with van der Waals surface area (Å²) in [4.78, 5) is 15.8. The highest BCUT2D eigenvalue weighted by Crippen LogP contribution is 2.51. The SMILES string of the molecule is C[C@@H](NC(=O)C[C@@H]1C[C@H]1c1c[nH]c2ccccc12)c1cc2cc(F)ccc2o1. The highest BCUT2D eigenvalue weighted by atomic mass is 19.1. The van der Waals surface area contributed by atoms with Crippen LogP contribution in [-0.2, 0) is 4.79 Å². The molecule has 0 bridgehead atoms. The molecule has 1 aliphatic rings. The number of rotatable bonds is 5. The molecule has 1 aliphatic carbocycles. The summed E-state index contributed by atoms with van der Waals surface area (Å²) in [6, 6.07) is 14.2. The molecule has 1 amide bonds. The van der Waals surface area contributed by atoms with Gasteiger partial charge >= 0.3 is 0 Å². The Morgan fingerprint density at radius 1 is 1.29 bits per heavy atom. The van der Waals surface area contributed by atoms with Gasteiger partial charge in [-0.3, -0.25) is 4.79 Å². The van der Waals surface area contributed by atoms with E-state index in [-0.39, 0.29) is 17.8 Å². The van der Waals surface area contributed by atoms with Gasteiger partial charge in [-0.15, -0.1) is 0 Å². The molecule has 4 aromatic rings. The maximum absolute atomic E-state index is 13.3. The summed E-state index contributed by atoms with van der Waals surface area (Å²) in [7, 11) is 0. The van der Waals surface area contributed by atoms with E-state index in [1.54, 1.807) is 12.1 Å². The first-order chi connectivity index (χ1) is 13.6. The number of hydrogen-bond donors (Lipinski definition) is 2. The molecular formula is C23H21FN2O2. The molecule has 2 N–H and O–H groups in total. The highest BCUT2D eigenvalue weighted by Gasteiger charge is 2.41. The van der Waals surface area contributed by atoms with Crippen LogP contribution in [0.3, 0.4) is 0 Å². The molecular weight excluding hydrogens is 355 g/mol. The Balaban J connectivity index is 1.22. The largest absolute Gasteiger partial charge is 0.459 e. The molecule has 0 saturated heterocycles. The van der Waals surface area contributed by atoms with Crippen LogP contribution in [0.25, 0.3) is 21.9 Å². The summed E-state index contributed by atoms with van der Waals surface area (Å²) in [5.41, 5.74) is 3.07. The molecule has 4 nitrogen and oxygen atoms in total. The molecule has 2 aromatic carbocycles. The van der Waals surface area contributed by atoms with Crippen molar-refractivity contribution < 1.29 is 13.6 Å².